The Kier molecular flexibility index (Phi) is 3.20. The number of nitrogens with zero attached hydrogens (tertiary/aromatic N) is 1. The number of carbonyl (C=O) groups excluding carboxylic acids is 2. The number of carbonyl (C=O) groups is 2. The lowest BCUT2D eigenvalue weighted by atomic mass is 9.95. The molecule has 0 aromatic heterocycles. The van der Waals surface area contributed by atoms with Gasteiger partial charge in [-0.3, -0.25) is 14.5 Å². The van der Waals surface area contributed by atoms with Gasteiger partial charge in [0.1, 0.15) is 0 Å². The number of rotatable bonds is 3. The van der Waals surface area contributed by atoms with Crippen LogP contribution < -0.4 is 0 Å². The fourth-order valence-electron chi connectivity index (χ4n) is 3.38. The molecule has 1 aromatic carbocycles. The van der Waals surface area contributed by atoms with Crippen molar-refractivity contribution < 1.29 is 9.59 Å². The lowest BCUT2D eigenvalue weighted by Gasteiger charge is -2.23. The normalized spacial score (nSPS) is 20.9. The van der Waals surface area contributed by atoms with Crippen LogP contribution in [0.5, 0.6) is 0 Å². The van der Waals surface area contributed by atoms with Gasteiger partial charge >= 0.3 is 0 Å². The van der Waals surface area contributed by atoms with Gasteiger partial charge in [0.05, 0.1) is 6.04 Å². The average molecular weight is 269 g/mol. The maximum Gasteiger partial charge on any atom is 0.254 e. The zero-order chi connectivity index (χ0) is 14.3. The van der Waals surface area contributed by atoms with Gasteiger partial charge < -0.3 is 0 Å². The summed E-state index contributed by atoms with van der Waals surface area (Å²) in [6.45, 7) is 4.32. The first kappa shape index (κ1) is 13.1. The van der Waals surface area contributed by atoms with Gasteiger partial charge in [-0.05, 0) is 47.9 Å². The molecule has 1 atom stereocenters. The minimum atomic E-state index is -0.175. The van der Waals surface area contributed by atoms with Gasteiger partial charge in [0.25, 0.3) is 11.8 Å². The molecular weight excluding hydrogens is 250 g/mol. The van der Waals surface area contributed by atoms with Gasteiger partial charge in [0, 0.05) is 12.2 Å². The summed E-state index contributed by atoms with van der Waals surface area (Å²) in [6, 6.07) is 4.41. The van der Waals surface area contributed by atoms with Gasteiger partial charge in [0.2, 0.25) is 0 Å². The molecule has 3 nitrogen and oxygen atoms in total. The van der Waals surface area contributed by atoms with E-state index in [1.165, 1.54) is 39.3 Å². The van der Waals surface area contributed by atoms with Crippen molar-refractivity contribution in [3.05, 3.63) is 46.5 Å². The molecule has 0 fully saturated rings. The van der Waals surface area contributed by atoms with Gasteiger partial charge in [-0.25, -0.2) is 0 Å². The smallest absolute Gasteiger partial charge is 0.254 e. The van der Waals surface area contributed by atoms with Crippen LogP contribution >= 0.6 is 0 Å². The largest absolute Gasteiger partial charge is 0.269 e. The molecule has 1 aliphatic carbocycles. The lowest BCUT2D eigenvalue weighted by Crippen LogP contribution is -2.33. The van der Waals surface area contributed by atoms with E-state index in [-0.39, 0.29) is 17.9 Å². The highest BCUT2D eigenvalue weighted by Crippen LogP contribution is 2.38. The van der Waals surface area contributed by atoms with E-state index >= 15 is 0 Å². The molecule has 1 aromatic rings. The van der Waals surface area contributed by atoms with Crippen molar-refractivity contribution in [3.8, 4) is 0 Å². The van der Waals surface area contributed by atoms with E-state index in [4.69, 9.17) is 0 Å². The van der Waals surface area contributed by atoms with E-state index in [0.717, 1.165) is 25.7 Å². The van der Waals surface area contributed by atoms with Crippen molar-refractivity contribution in [1.82, 2.24) is 4.90 Å². The van der Waals surface area contributed by atoms with Crippen LogP contribution in [0.4, 0.5) is 0 Å². The van der Waals surface area contributed by atoms with Crippen LogP contribution in [0, 0.1) is 0 Å². The van der Waals surface area contributed by atoms with Crippen LogP contribution in [0.2, 0.25) is 0 Å². The molecule has 0 bridgehead atoms. The van der Waals surface area contributed by atoms with E-state index in [2.05, 4.69) is 26.0 Å². The number of benzene rings is 1. The highest BCUT2D eigenvalue weighted by atomic mass is 16.2. The van der Waals surface area contributed by atoms with Crippen molar-refractivity contribution in [2.45, 2.75) is 45.6 Å². The standard InChI is InChI=1S/C17H19NO2/c1-3-11-9-13-5-6-15(14(13)10-12(11)4-2)18-16(19)7-8-17(18)20/h7-10,15H,3-6H2,1-2H3/t15-/m0/s1. The van der Waals surface area contributed by atoms with Crippen molar-refractivity contribution in [2.75, 3.05) is 0 Å². The van der Waals surface area contributed by atoms with E-state index in [1.807, 2.05) is 0 Å². The molecule has 1 heterocycles. The molecule has 0 radical (unpaired) electrons. The summed E-state index contributed by atoms with van der Waals surface area (Å²) in [5.41, 5.74) is 5.20. The summed E-state index contributed by atoms with van der Waals surface area (Å²) in [7, 11) is 0. The maximum atomic E-state index is 11.9. The Balaban J connectivity index is 2.02. The second kappa shape index (κ2) is 4.89. The molecule has 0 unspecified atom stereocenters. The molecule has 0 N–H and O–H groups in total. The first-order valence-electron chi connectivity index (χ1n) is 7.35. The third-order valence-electron chi connectivity index (χ3n) is 4.42. The fourth-order valence-corrected chi connectivity index (χ4v) is 3.38. The SMILES string of the molecule is CCc1cc2c(cc1CC)[C@@H](N1C(=O)C=CC1=O)CC2. The van der Waals surface area contributed by atoms with Crippen LogP contribution in [-0.4, -0.2) is 16.7 Å². The third kappa shape index (κ3) is 1.89. The molecule has 0 spiro atoms. The van der Waals surface area contributed by atoms with Crippen molar-refractivity contribution in [2.24, 2.45) is 0 Å². The zero-order valence-electron chi connectivity index (χ0n) is 12.0. The number of hydrogen-bond acceptors (Lipinski definition) is 2. The number of hydrogen-bond donors (Lipinski definition) is 0. The summed E-state index contributed by atoms with van der Waals surface area (Å²) in [6.07, 6.45) is 6.58. The predicted octanol–water partition coefficient (Wildman–Crippen LogP) is 2.72. The van der Waals surface area contributed by atoms with Crippen LogP contribution in [0.15, 0.2) is 24.3 Å². The monoisotopic (exact) mass is 269 g/mol. The summed E-state index contributed by atoms with van der Waals surface area (Å²) < 4.78 is 0. The highest BCUT2D eigenvalue weighted by Gasteiger charge is 2.36. The summed E-state index contributed by atoms with van der Waals surface area (Å²) in [5.74, 6) is -0.351. The van der Waals surface area contributed by atoms with Crippen molar-refractivity contribution in [3.63, 3.8) is 0 Å². The van der Waals surface area contributed by atoms with Crippen LogP contribution in [-0.2, 0) is 28.9 Å². The van der Waals surface area contributed by atoms with E-state index < -0.39 is 0 Å². The van der Waals surface area contributed by atoms with Crippen molar-refractivity contribution in [1.29, 1.82) is 0 Å². The van der Waals surface area contributed by atoms with Gasteiger partial charge in [-0.2, -0.15) is 0 Å². The van der Waals surface area contributed by atoms with Crippen molar-refractivity contribution >= 4 is 11.8 Å². The van der Waals surface area contributed by atoms with Gasteiger partial charge in [-0.15, -0.1) is 0 Å². The molecule has 0 saturated heterocycles. The molecule has 2 aliphatic rings. The number of imide groups is 1. The Morgan fingerprint density at radius 1 is 1.05 bits per heavy atom. The molecular formula is C17H19NO2. The predicted molar refractivity (Wildman–Crippen MR) is 77.3 cm³/mol. The third-order valence-corrected chi connectivity index (χ3v) is 4.42. The molecule has 0 saturated carbocycles. The lowest BCUT2D eigenvalue weighted by molar-refractivity contribution is -0.139. The van der Waals surface area contributed by atoms with E-state index in [9.17, 15) is 9.59 Å². The highest BCUT2D eigenvalue weighted by molar-refractivity contribution is 6.13. The van der Waals surface area contributed by atoms with Gasteiger partial charge in [-0.1, -0.05) is 26.0 Å². The first-order chi connectivity index (χ1) is 9.65. The molecule has 20 heavy (non-hydrogen) atoms. The Labute approximate surface area is 119 Å². The molecule has 104 valence electrons. The Morgan fingerprint density at radius 3 is 2.25 bits per heavy atom. The summed E-state index contributed by atoms with van der Waals surface area (Å²) >= 11 is 0. The second-order valence-corrected chi connectivity index (χ2v) is 5.46. The Hall–Kier alpha value is -1.90. The van der Waals surface area contributed by atoms with Crippen LogP contribution in [0.25, 0.3) is 0 Å². The van der Waals surface area contributed by atoms with E-state index in [1.54, 1.807) is 0 Å². The van der Waals surface area contributed by atoms with Crippen LogP contribution in [0.3, 0.4) is 0 Å². The van der Waals surface area contributed by atoms with E-state index in [0.29, 0.717) is 0 Å². The Morgan fingerprint density at radius 2 is 1.65 bits per heavy atom. The fraction of sp³-hybridized carbons (Fsp3) is 0.412. The minimum absolute atomic E-state index is 0.0730. The number of fused-ring (bicyclic) bond motifs is 1. The average Bonchev–Trinajstić information content (AvgIpc) is 3.00. The van der Waals surface area contributed by atoms with Crippen LogP contribution in [0.1, 0.15) is 48.6 Å². The number of amides is 2. The molecule has 1 aliphatic heterocycles. The topological polar surface area (TPSA) is 37.4 Å². The molecule has 3 rings (SSSR count). The maximum absolute atomic E-state index is 11.9. The summed E-state index contributed by atoms with van der Waals surface area (Å²) in [4.78, 5) is 25.2. The quantitative estimate of drug-likeness (QED) is 0.791. The van der Waals surface area contributed by atoms with Gasteiger partial charge in [0.15, 0.2) is 0 Å². The number of aryl methyl sites for hydroxylation is 3. The Bertz CT molecular complexity index is 598. The summed E-state index contributed by atoms with van der Waals surface area (Å²) in [5, 5.41) is 0. The first-order valence-corrected chi connectivity index (χ1v) is 7.35. The second-order valence-electron chi connectivity index (χ2n) is 5.46. The minimum Gasteiger partial charge on any atom is -0.269 e. The molecule has 3 heteroatoms. The zero-order valence-corrected chi connectivity index (χ0v) is 12.0. The molecule has 2 amide bonds.